The molecule has 1 aliphatic heterocycles. The van der Waals surface area contributed by atoms with Crippen molar-refractivity contribution in [1.29, 1.82) is 0 Å². The molecule has 0 aromatic carbocycles. The van der Waals surface area contributed by atoms with E-state index in [1.807, 2.05) is 12.1 Å². The Morgan fingerprint density at radius 3 is 2.60 bits per heavy atom. The highest BCUT2D eigenvalue weighted by atomic mass is 32.2. The van der Waals surface area contributed by atoms with Crippen LogP contribution in [-0.2, 0) is 16.4 Å². The van der Waals surface area contributed by atoms with Crippen molar-refractivity contribution in [2.75, 3.05) is 23.3 Å². The van der Waals surface area contributed by atoms with Crippen molar-refractivity contribution in [2.45, 2.75) is 44.2 Å². The molecule has 0 saturated carbocycles. The van der Waals surface area contributed by atoms with Crippen molar-refractivity contribution in [2.24, 2.45) is 5.92 Å². The molecule has 1 atom stereocenters. The minimum atomic E-state index is -4.19. The highest BCUT2D eigenvalue weighted by Gasteiger charge is 2.40. The van der Waals surface area contributed by atoms with E-state index in [2.05, 4.69) is 50.7 Å². The summed E-state index contributed by atoms with van der Waals surface area (Å²) in [5.74, 6) is 0.557. The molecule has 0 aliphatic carbocycles. The van der Waals surface area contributed by atoms with Gasteiger partial charge in [0.1, 0.15) is 11.6 Å². The van der Waals surface area contributed by atoms with Crippen LogP contribution in [0.15, 0.2) is 66.1 Å². The Morgan fingerprint density at radius 1 is 1.11 bits per heavy atom. The van der Waals surface area contributed by atoms with E-state index in [4.69, 9.17) is 0 Å². The van der Waals surface area contributed by atoms with E-state index >= 15 is 0 Å². The van der Waals surface area contributed by atoms with Crippen molar-refractivity contribution in [3.8, 4) is 0 Å². The number of sulfonamides is 1. The minimum Gasteiger partial charge on any atom is -0.370 e. The van der Waals surface area contributed by atoms with E-state index in [0.717, 1.165) is 24.9 Å². The van der Waals surface area contributed by atoms with Crippen LogP contribution in [0, 0.1) is 5.92 Å². The summed E-state index contributed by atoms with van der Waals surface area (Å²) in [6, 6.07) is 11.7. The lowest BCUT2D eigenvalue weighted by Gasteiger charge is -2.36. The molecule has 1 unspecified atom stereocenters. The van der Waals surface area contributed by atoms with Crippen LogP contribution in [-0.4, -0.2) is 47.9 Å². The van der Waals surface area contributed by atoms with Gasteiger partial charge in [-0.25, -0.2) is 14.7 Å². The molecule has 1 amide bonds. The maximum Gasteiger partial charge on any atom is 0.281 e. The lowest BCUT2D eigenvalue weighted by atomic mass is 9.90. The molecule has 0 radical (unpaired) electrons. The molecule has 0 spiro atoms. The molecule has 35 heavy (non-hydrogen) atoms. The topological polar surface area (TPSA) is 117 Å². The summed E-state index contributed by atoms with van der Waals surface area (Å²) in [6.07, 6.45) is 6.76. The zero-order valence-electron chi connectivity index (χ0n) is 20.1. The molecule has 1 fully saturated rings. The number of pyridine rings is 3. The number of carbonyl (C=O) groups is 1. The first-order valence-corrected chi connectivity index (χ1v) is 13.1. The van der Waals surface area contributed by atoms with E-state index in [1.54, 1.807) is 42.9 Å². The Hall–Kier alpha value is -3.53. The van der Waals surface area contributed by atoms with Gasteiger partial charge in [-0.05, 0) is 74.6 Å². The average Bonchev–Trinajstić information content (AvgIpc) is 3.11. The SMILES string of the molecule is CC1CCN(c2ncccc2C(=O)NS(=O)(=O)c2cccc(NCCc3ccncc3)n2)C1(C)C. The Labute approximate surface area is 206 Å². The third-order valence-electron chi connectivity index (χ3n) is 6.67. The van der Waals surface area contributed by atoms with Crippen LogP contribution >= 0.6 is 0 Å². The van der Waals surface area contributed by atoms with Crippen LogP contribution < -0.4 is 14.9 Å². The summed E-state index contributed by atoms with van der Waals surface area (Å²) in [5.41, 5.74) is 1.11. The second-order valence-electron chi connectivity index (χ2n) is 9.20. The van der Waals surface area contributed by atoms with Gasteiger partial charge in [0, 0.05) is 37.2 Å². The predicted octanol–water partition coefficient (Wildman–Crippen LogP) is 3.27. The standard InChI is InChI=1S/C25H30N6O3S/c1-18-12-17-31(25(18,2)3)23-20(6-5-13-28-23)24(32)30-35(33,34)22-8-4-7-21(29-22)27-16-11-19-9-14-26-15-10-19/h4-10,13-15,18H,11-12,16-17H2,1-3H3,(H,27,29)(H,30,32). The Morgan fingerprint density at radius 2 is 1.89 bits per heavy atom. The zero-order chi connectivity index (χ0) is 25.1. The lowest BCUT2D eigenvalue weighted by Crippen LogP contribution is -2.43. The van der Waals surface area contributed by atoms with Gasteiger partial charge in [-0.2, -0.15) is 8.42 Å². The third-order valence-corrected chi connectivity index (χ3v) is 7.90. The monoisotopic (exact) mass is 494 g/mol. The maximum absolute atomic E-state index is 13.1. The fraction of sp³-hybridized carbons (Fsp3) is 0.360. The second-order valence-corrected chi connectivity index (χ2v) is 10.8. The number of nitrogens with zero attached hydrogens (tertiary/aromatic N) is 4. The predicted molar refractivity (Wildman–Crippen MR) is 135 cm³/mol. The highest BCUT2D eigenvalue weighted by molar-refractivity contribution is 7.90. The minimum absolute atomic E-state index is 0.208. The summed E-state index contributed by atoms with van der Waals surface area (Å²) in [7, 11) is -4.19. The number of amides is 1. The fourth-order valence-corrected chi connectivity index (χ4v) is 5.11. The Kier molecular flexibility index (Phi) is 7.02. The molecular weight excluding hydrogens is 464 g/mol. The molecule has 9 nitrogen and oxygen atoms in total. The van der Waals surface area contributed by atoms with E-state index in [-0.39, 0.29) is 16.1 Å². The number of rotatable bonds is 8. The zero-order valence-corrected chi connectivity index (χ0v) is 20.9. The van der Waals surface area contributed by atoms with Crippen LogP contribution in [0.2, 0.25) is 0 Å². The first-order chi connectivity index (χ1) is 16.7. The second kappa shape index (κ2) is 9.99. The molecular formula is C25H30N6O3S. The smallest absolute Gasteiger partial charge is 0.281 e. The maximum atomic E-state index is 13.1. The van der Waals surface area contributed by atoms with Gasteiger partial charge in [-0.15, -0.1) is 0 Å². The summed E-state index contributed by atoms with van der Waals surface area (Å²) in [4.78, 5) is 27.8. The molecule has 184 valence electrons. The number of nitrogens with one attached hydrogen (secondary N) is 2. The highest BCUT2D eigenvalue weighted by Crippen LogP contribution is 2.38. The first-order valence-electron chi connectivity index (χ1n) is 11.6. The number of aromatic nitrogens is 3. The molecule has 1 aliphatic rings. The number of hydrogen-bond acceptors (Lipinski definition) is 8. The quantitative estimate of drug-likeness (QED) is 0.490. The van der Waals surface area contributed by atoms with Crippen LogP contribution in [0.1, 0.15) is 43.1 Å². The van der Waals surface area contributed by atoms with Crippen molar-refractivity contribution >= 4 is 27.6 Å². The van der Waals surface area contributed by atoms with Gasteiger partial charge in [0.2, 0.25) is 0 Å². The number of anilines is 2. The Balaban J connectivity index is 1.48. The molecule has 0 bridgehead atoms. The molecule has 3 aromatic rings. The normalized spacial score (nSPS) is 17.2. The van der Waals surface area contributed by atoms with Gasteiger partial charge in [0.15, 0.2) is 5.03 Å². The van der Waals surface area contributed by atoms with Gasteiger partial charge >= 0.3 is 0 Å². The summed E-state index contributed by atoms with van der Waals surface area (Å²) >= 11 is 0. The van der Waals surface area contributed by atoms with Gasteiger partial charge in [0.05, 0.1) is 5.56 Å². The lowest BCUT2D eigenvalue weighted by molar-refractivity contribution is 0.0981. The van der Waals surface area contributed by atoms with E-state index in [9.17, 15) is 13.2 Å². The van der Waals surface area contributed by atoms with E-state index in [0.29, 0.717) is 24.1 Å². The molecule has 3 aromatic heterocycles. The van der Waals surface area contributed by atoms with Gasteiger partial charge in [-0.1, -0.05) is 13.0 Å². The Bertz CT molecular complexity index is 1300. The van der Waals surface area contributed by atoms with Crippen LogP contribution in [0.5, 0.6) is 0 Å². The molecule has 10 heteroatoms. The van der Waals surface area contributed by atoms with Gasteiger partial charge in [0.25, 0.3) is 15.9 Å². The molecule has 1 saturated heterocycles. The molecule has 2 N–H and O–H groups in total. The van der Waals surface area contributed by atoms with E-state index < -0.39 is 15.9 Å². The van der Waals surface area contributed by atoms with Crippen LogP contribution in [0.3, 0.4) is 0 Å². The van der Waals surface area contributed by atoms with Crippen LogP contribution in [0.25, 0.3) is 0 Å². The summed E-state index contributed by atoms with van der Waals surface area (Å²) in [5, 5.41) is 2.89. The van der Waals surface area contributed by atoms with Gasteiger partial charge in [-0.3, -0.25) is 9.78 Å². The van der Waals surface area contributed by atoms with E-state index in [1.165, 1.54) is 6.07 Å². The summed E-state index contributed by atoms with van der Waals surface area (Å²) in [6.45, 7) is 7.68. The average molecular weight is 495 g/mol. The van der Waals surface area contributed by atoms with Crippen molar-refractivity contribution in [1.82, 2.24) is 19.7 Å². The number of carbonyl (C=O) groups excluding carboxylic acids is 1. The third kappa shape index (κ3) is 5.43. The first kappa shape index (κ1) is 24.6. The van der Waals surface area contributed by atoms with Crippen LogP contribution in [0.4, 0.5) is 11.6 Å². The van der Waals surface area contributed by atoms with Crippen molar-refractivity contribution in [3.05, 3.63) is 72.2 Å². The summed E-state index contributed by atoms with van der Waals surface area (Å²) < 4.78 is 28.2. The number of hydrogen-bond donors (Lipinski definition) is 2. The van der Waals surface area contributed by atoms with Crippen molar-refractivity contribution < 1.29 is 13.2 Å². The largest absolute Gasteiger partial charge is 0.370 e. The van der Waals surface area contributed by atoms with Crippen molar-refractivity contribution in [3.63, 3.8) is 0 Å². The van der Waals surface area contributed by atoms with Gasteiger partial charge < -0.3 is 10.2 Å². The molecule has 4 rings (SSSR count). The molecule has 4 heterocycles. The fourth-order valence-electron chi connectivity index (χ4n) is 4.17.